The van der Waals surface area contributed by atoms with E-state index in [0.29, 0.717) is 6.41 Å². The maximum absolute atomic E-state index is 12.9. The predicted octanol–water partition coefficient (Wildman–Crippen LogP) is 1.37. The molecule has 2 rings (SSSR count). The third kappa shape index (κ3) is 8.51. The Hall–Kier alpha value is -3.50. The molecule has 0 saturated carbocycles. The lowest BCUT2D eigenvalue weighted by Gasteiger charge is -2.33. The van der Waals surface area contributed by atoms with Gasteiger partial charge in [0.2, 0.25) is 6.41 Å². The molecule has 0 aliphatic rings. The van der Waals surface area contributed by atoms with E-state index >= 15 is 0 Å². The van der Waals surface area contributed by atoms with Gasteiger partial charge in [-0.15, -0.1) is 0 Å². The molecule has 0 aliphatic heterocycles. The van der Waals surface area contributed by atoms with Crippen LogP contribution in [0, 0.1) is 5.41 Å². The van der Waals surface area contributed by atoms with Gasteiger partial charge in [0.1, 0.15) is 6.04 Å². The van der Waals surface area contributed by atoms with Crippen LogP contribution in [0.4, 0.5) is 4.79 Å². The van der Waals surface area contributed by atoms with Crippen LogP contribution in [0.1, 0.15) is 26.3 Å². The predicted molar refractivity (Wildman–Crippen MR) is 123 cm³/mol. The van der Waals surface area contributed by atoms with Gasteiger partial charge in [-0.3, -0.25) is 20.0 Å². The summed E-state index contributed by atoms with van der Waals surface area (Å²) in [6.07, 6.45) is -0.0678. The Morgan fingerprint density at radius 1 is 1.15 bits per heavy atom. The van der Waals surface area contributed by atoms with Crippen molar-refractivity contribution in [3.8, 4) is 11.3 Å². The van der Waals surface area contributed by atoms with Crippen molar-refractivity contribution in [2.24, 2.45) is 5.41 Å². The molecule has 0 radical (unpaired) electrons. The van der Waals surface area contributed by atoms with Crippen LogP contribution in [-0.2, 0) is 16.1 Å². The van der Waals surface area contributed by atoms with E-state index in [9.17, 15) is 19.5 Å². The monoisotopic (exact) mass is 457 g/mol. The molecule has 2 aromatic rings. The molecule has 1 heterocycles. The van der Waals surface area contributed by atoms with E-state index < -0.39 is 29.6 Å². The first-order valence-corrected chi connectivity index (χ1v) is 10.5. The normalized spacial score (nSPS) is 13.1. The summed E-state index contributed by atoms with van der Waals surface area (Å²) in [6, 6.07) is 12.2. The van der Waals surface area contributed by atoms with E-state index in [2.05, 4.69) is 21.0 Å². The van der Waals surface area contributed by atoms with Gasteiger partial charge in [0.15, 0.2) is 0 Å². The highest BCUT2D eigenvalue weighted by Gasteiger charge is 2.34. The Labute approximate surface area is 193 Å². The molecule has 2 unspecified atom stereocenters. The number of nitrogens with one attached hydrogen (secondary N) is 3. The molecule has 0 fully saturated rings. The zero-order chi connectivity index (χ0) is 24.4. The minimum atomic E-state index is -1.31. The molecule has 10 heteroatoms. The second-order valence-electron chi connectivity index (χ2n) is 8.70. The van der Waals surface area contributed by atoms with Gasteiger partial charge in [-0.25, -0.2) is 9.80 Å². The van der Waals surface area contributed by atoms with Crippen LogP contribution in [0.15, 0.2) is 48.7 Å². The molecule has 0 spiro atoms. The van der Waals surface area contributed by atoms with E-state index in [1.165, 1.54) is 5.01 Å². The third-order valence-electron chi connectivity index (χ3n) is 4.82. The molecular formula is C23H31N5O5. The highest BCUT2D eigenvalue weighted by Crippen LogP contribution is 2.20. The second-order valence-corrected chi connectivity index (χ2v) is 8.70. The number of aromatic nitrogens is 1. The van der Waals surface area contributed by atoms with Crippen molar-refractivity contribution in [1.29, 1.82) is 0 Å². The number of amides is 3. The molecule has 0 bridgehead atoms. The molecule has 3 amide bonds. The van der Waals surface area contributed by atoms with Gasteiger partial charge in [-0.05, 0) is 23.1 Å². The number of rotatable bonds is 11. The minimum Gasteiger partial charge on any atom is -0.465 e. The SMILES string of the molecule is CC(C)(C)C(NC(=O)O)C(=O)NN(Cc1ccc(-c2ccccn2)cc1)CC(O)CNC=O. The number of hydrogen-bond acceptors (Lipinski definition) is 6. The second kappa shape index (κ2) is 11.9. The van der Waals surface area contributed by atoms with Gasteiger partial charge in [0.25, 0.3) is 5.91 Å². The highest BCUT2D eigenvalue weighted by molar-refractivity contribution is 5.85. The molecule has 0 aliphatic carbocycles. The molecule has 178 valence electrons. The molecule has 1 aromatic carbocycles. The number of nitrogens with zero attached hydrogens (tertiary/aromatic N) is 2. The lowest BCUT2D eigenvalue weighted by molar-refractivity contribution is -0.131. The molecule has 2 atom stereocenters. The first kappa shape index (κ1) is 25.8. The quantitative estimate of drug-likeness (QED) is 0.253. The number of aliphatic hydroxyl groups excluding tert-OH is 1. The molecule has 5 N–H and O–H groups in total. The number of carbonyl (C=O) groups is 3. The molecule has 1 aromatic heterocycles. The van der Waals surface area contributed by atoms with Crippen LogP contribution >= 0.6 is 0 Å². The van der Waals surface area contributed by atoms with Crippen LogP contribution in [0.2, 0.25) is 0 Å². The molecule has 33 heavy (non-hydrogen) atoms. The number of carboxylic acid groups (broad SMARTS) is 1. The van der Waals surface area contributed by atoms with Crippen molar-refractivity contribution in [3.63, 3.8) is 0 Å². The summed E-state index contributed by atoms with van der Waals surface area (Å²) in [7, 11) is 0. The summed E-state index contributed by atoms with van der Waals surface area (Å²) in [5.41, 5.74) is 4.64. The van der Waals surface area contributed by atoms with E-state index in [-0.39, 0.29) is 19.6 Å². The summed E-state index contributed by atoms with van der Waals surface area (Å²) < 4.78 is 0. The number of pyridine rings is 1. The van der Waals surface area contributed by atoms with Crippen LogP contribution in [-0.4, -0.2) is 63.9 Å². The topological polar surface area (TPSA) is 144 Å². The highest BCUT2D eigenvalue weighted by atomic mass is 16.4. The smallest absolute Gasteiger partial charge is 0.405 e. The number of aliphatic hydroxyl groups is 1. The number of hydrogen-bond donors (Lipinski definition) is 5. The first-order valence-electron chi connectivity index (χ1n) is 10.5. The Morgan fingerprint density at radius 3 is 2.39 bits per heavy atom. The maximum atomic E-state index is 12.9. The minimum absolute atomic E-state index is 0.00452. The number of benzene rings is 1. The first-order chi connectivity index (χ1) is 15.6. The average molecular weight is 458 g/mol. The van der Waals surface area contributed by atoms with Gasteiger partial charge < -0.3 is 20.8 Å². The fourth-order valence-corrected chi connectivity index (χ4v) is 3.21. The summed E-state index contributed by atoms with van der Waals surface area (Å²) in [6.45, 7) is 5.50. The fourth-order valence-electron chi connectivity index (χ4n) is 3.21. The van der Waals surface area contributed by atoms with Crippen LogP contribution in [0.3, 0.4) is 0 Å². The van der Waals surface area contributed by atoms with Crippen molar-refractivity contribution < 1.29 is 24.6 Å². The van der Waals surface area contributed by atoms with Crippen LogP contribution in [0.25, 0.3) is 11.3 Å². The van der Waals surface area contributed by atoms with Gasteiger partial charge in [-0.1, -0.05) is 51.1 Å². The van der Waals surface area contributed by atoms with Crippen molar-refractivity contribution in [1.82, 2.24) is 26.1 Å². The number of carbonyl (C=O) groups excluding carboxylic acids is 2. The third-order valence-corrected chi connectivity index (χ3v) is 4.82. The summed E-state index contributed by atoms with van der Waals surface area (Å²) >= 11 is 0. The lowest BCUT2D eigenvalue weighted by Crippen LogP contribution is -2.58. The standard InChI is InChI=1S/C23H31N5O5/c1-23(2,3)20(26-22(32)33)21(31)27-28(14-18(30)12-24-15-29)13-16-7-9-17(10-8-16)19-6-4-5-11-25-19/h4-11,15,18,20,26,30H,12-14H2,1-3H3,(H,24,29)(H,27,31)(H,32,33). The van der Waals surface area contributed by atoms with Gasteiger partial charge in [-0.2, -0.15) is 0 Å². The van der Waals surface area contributed by atoms with Crippen molar-refractivity contribution in [2.45, 2.75) is 39.5 Å². The maximum Gasteiger partial charge on any atom is 0.405 e. The zero-order valence-electron chi connectivity index (χ0n) is 19.0. The fraction of sp³-hybridized carbons (Fsp3) is 0.391. The Morgan fingerprint density at radius 2 is 1.85 bits per heavy atom. The van der Waals surface area contributed by atoms with Crippen LogP contribution in [0.5, 0.6) is 0 Å². The molecule has 0 saturated heterocycles. The van der Waals surface area contributed by atoms with Crippen molar-refractivity contribution in [2.75, 3.05) is 13.1 Å². The summed E-state index contributed by atoms with van der Waals surface area (Å²) in [5.74, 6) is -0.550. The largest absolute Gasteiger partial charge is 0.465 e. The van der Waals surface area contributed by atoms with E-state index in [1.807, 2.05) is 42.5 Å². The van der Waals surface area contributed by atoms with Crippen molar-refractivity contribution in [3.05, 3.63) is 54.2 Å². The zero-order valence-corrected chi connectivity index (χ0v) is 19.0. The Bertz CT molecular complexity index is 915. The van der Waals surface area contributed by atoms with E-state index in [4.69, 9.17) is 5.11 Å². The number of hydrazine groups is 1. The van der Waals surface area contributed by atoms with Gasteiger partial charge in [0.05, 0.1) is 11.8 Å². The molecular weight excluding hydrogens is 426 g/mol. The Balaban J connectivity index is 2.18. The van der Waals surface area contributed by atoms with Gasteiger partial charge >= 0.3 is 6.09 Å². The Kier molecular flexibility index (Phi) is 9.31. The van der Waals surface area contributed by atoms with Gasteiger partial charge in [0, 0.05) is 31.4 Å². The van der Waals surface area contributed by atoms with E-state index in [1.54, 1.807) is 27.0 Å². The summed E-state index contributed by atoms with van der Waals surface area (Å²) in [4.78, 5) is 39.0. The van der Waals surface area contributed by atoms with E-state index in [0.717, 1.165) is 16.8 Å². The lowest BCUT2D eigenvalue weighted by atomic mass is 9.86. The van der Waals surface area contributed by atoms with Crippen LogP contribution < -0.4 is 16.1 Å². The summed E-state index contributed by atoms with van der Waals surface area (Å²) in [5, 5.41) is 25.5. The molecule has 10 nitrogen and oxygen atoms in total. The van der Waals surface area contributed by atoms with Crippen molar-refractivity contribution >= 4 is 18.4 Å². The average Bonchev–Trinajstić information content (AvgIpc) is 2.76.